The highest BCUT2D eigenvalue weighted by atomic mass is 32.2. The molecule has 0 aliphatic carbocycles. The number of hydrogen-bond acceptors (Lipinski definition) is 6. The van der Waals surface area contributed by atoms with Gasteiger partial charge in [0.25, 0.3) is 15.9 Å². The number of amides is 3. The van der Waals surface area contributed by atoms with Crippen LogP contribution < -0.4 is 14.8 Å². The Morgan fingerprint density at radius 3 is 2.50 bits per heavy atom. The Balaban J connectivity index is 1.50. The van der Waals surface area contributed by atoms with Crippen molar-refractivity contribution in [2.24, 2.45) is 0 Å². The van der Waals surface area contributed by atoms with Gasteiger partial charge in [-0.2, -0.15) is 0 Å². The number of nitrogens with one attached hydrogen (secondary N) is 2. The molecular weight excluding hydrogens is 458 g/mol. The fourth-order valence-electron chi connectivity index (χ4n) is 4.54. The number of nitrogens with zero attached hydrogens (tertiary/aromatic N) is 1. The summed E-state index contributed by atoms with van der Waals surface area (Å²) in [5.41, 5.74) is 1.07. The Kier molecular flexibility index (Phi) is 5.24. The Morgan fingerprint density at radius 1 is 1.00 bits per heavy atom. The standard InChI is InChI=1S/C24H21N3O6S/c1-33-20-10-11-21(15-6-3-2-5-14(15)20)34(31,32)26-18-8-4-7-16-17(18)13-27(24(16)30)19-9-12-22(28)25-23(19)29/h2-8,10-11,19,26H,9,12-13H2,1H3,(H,25,28,29). The van der Waals surface area contributed by atoms with Crippen molar-refractivity contribution in [1.82, 2.24) is 10.2 Å². The number of sulfonamides is 1. The smallest absolute Gasteiger partial charge is 0.262 e. The van der Waals surface area contributed by atoms with Crippen LogP contribution in [0, 0.1) is 0 Å². The number of carbonyl (C=O) groups is 3. The molecule has 3 amide bonds. The number of anilines is 1. The van der Waals surface area contributed by atoms with Crippen LogP contribution in [0.3, 0.4) is 0 Å². The minimum Gasteiger partial charge on any atom is -0.496 e. The number of imide groups is 1. The number of methoxy groups -OCH3 is 1. The van der Waals surface area contributed by atoms with Crippen molar-refractivity contribution in [3.63, 3.8) is 0 Å². The van der Waals surface area contributed by atoms with E-state index in [2.05, 4.69) is 10.0 Å². The van der Waals surface area contributed by atoms with Gasteiger partial charge >= 0.3 is 0 Å². The number of ether oxygens (including phenoxy) is 1. The molecule has 9 nitrogen and oxygen atoms in total. The summed E-state index contributed by atoms with van der Waals surface area (Å²) < 4.78 is 34.8. The molecule has 1 atom stereocenters. The van der Waals surface area contributed by atoms with Crippen LogP contribution in [0.1, 0.15) is 28.8 Å². The van der Waals surface area contributed by atoms with Crippen LogP contribution in [0.4, 0.5) is 5.69 Å². The third-order valence-corrected chi connectivity index (χ3v) is 7.60. The van der Waals surface area contributed by atoms with Gasteiger partial charge in [0.1, 0.15) is 11.8 Å². The lowest BCUT2D eigenvalue weighted by atomic mass is 10.0. The van der Waals surface area contributed by atoms with Gasteiger partial charge in [0.15, 0.2) is 0 Å². The van der Waals surface area contributed by atoms with E-state index in [4.69, 9.17) is 4.74 Å². The zero-order valence-electron chi connectivity index (χ0n) is 18.2. The predicted molar refractivity (Wildman–Crippen MR) is 124 cm³/mol. The van der Waals surface area contributed by atoms with Gasteiger partial charge in [0.05, 0.1) is 17.7 Å². The van der Waals surface area contributed by atoms with E-state index >= 15 is 0 Å². The highest BCUT2D eigenvalue weighted by Gasteiger charge is 2.40. The van der Waals surface area contributed by atoms with E-state index in [1.54, 1.807) is 48.5 Å². The molecule has 174 valence electrons. The molecule has 1 unspecified atom stereocenters. The third-order valence-electron chi connectivity index (χ3n) is 6.18. The van der Waals surface area contributed by atoms with E-state index in [1.807, 2.05) is 0 Å². The van der Waals surface area contributed by atoms with Crippen LogP contribution in [-0.4, -0.2) is 44.2 Å². The molecule has 1 saturated heterocycles. The second kappa shape index (κ2) is 8.14. The molecule has 0 spiro atoms. The van der Waals surface area contributed by atoms with E-state index in [0.717, 1.165) is 0 Å². The average molecular weight is 480 g/mol. The average Bonchev–Trinajstić information content (AvgIpc) is 3.15. The topological polar surface area (TPSA) is 122 Å². The van der Waals surface area contributed by atoms with Crippen LogP contribution in [0.5, 0.6) is 5.75 Å². The summed E-state index contributed by atoms with van der Waals surface area (Å²) in [5.74, 6) is -0.712. The summed E-state index contributed by atoms with van der Waals surface area (Å²) in [6, 6.07) is 14.1. The highest BCUT2D eigenvalue weighted by molar-refractivity contribution is 7.93. The lowest BCUT2D eigenvalue weighted by Gasteiger charge is -2.29. The van der Waals surface area contributed by atoms with E-state index < -0.39 is 22.0 Å². The van der Waals surface area contributed by atoms with Gasteiger partial charge in [0.2, 0.25) is 11.8 Å². The molecule has 5 rings (SSSR count). The summed E-state index contributed by atoms with van der Waals surface area (Å²) >= 11 is 0. The van der Waals surface area contributed by atoms with Crippen molar-refractivity contribution < 1.29 is 27.5 Å². The van der Waals surface area contributed by atoms with E-state index in [-0.39, 0.29) is 41.8 Å². The molecule has 34 heavy (non-hydrogen) atoms. The number of piperidine rings is 1. The fraction of sp³-hybridized carbons (Fsp3) is 0.208. The molecule has 3 aromatic rings. The third kappa shape index (κ3) is 3.56. The Hall–Kier alpha value is -3.92. The molecule has 1 fully saturated rings. The van der Waals surface area contributed by atoms with Crippen molar-refractivity contribution in [3.8, 4) is 5.75 Å². The quantitative estimate of drug-likeness (QED) is 0.542. The van der Waals surface area contributed by atoms with Gasteiger partial charge in [-0.15, -0.1) is 0 Å². The Morgan fingerprint density at radius 2 is 1.76 bits per heavy atom. The second-order valence-corrected chi connectivity index (χ2v) is 9.80. The zero-order chi connectivity index (χ0) is 24.0. The molecule has 10 heteroatoms. The molecule has 2 N–H and O–H groups in total. The summed E-state index contributed by atoms with van der Waals surface area (Å²) in [7, 11) is -2.50. The number of carbonyl (C=O) groups excluding carboxylic acids is 3. The summed E-state index contributed by atoms with van der Waals surface area (Å²) in [4.78, 5) is 38.3. The maximum absolute atomic E-state index is 13.4. The van der Waals surface area contributed by atoms with Crippen LogP contribution in [0.15, 0.2) is 59.5 Å². The lowest BCUT2D eigenvalue weighted by Crippen LogP contribution is -2.52. The molecule has 2 heterocycles. The highest BCUT2D eigenvalue weighted by Crippen LogP contribution is 2.35. The zero-order valence-corrected chi connectivity index (χ0v) is 19.0. The van der Waals surface area contributed by atoms with Gasteiger partial charge in [-0.05, 0) is 30.7 Å². The first-order valence-corrected chi connectivity index (χ1v) is 12.1. The summed E-state index contributed by atoms with van der Waals surface area (Å²) in [5, 5.41) is 3.42. The van der Waals surface area contributed by atoms with E-state index in [0.29, 0.717) is 27.6 Å². The Bertz CT molecular complexity index is 1470. The first-order valence-electron chi connectivity index (χ1n) is 10.7. The normalized spacial score (nSPS) is 18.1. The molecule has 0 bridgehead atoms. The van der Waals surface area contributed by atoms with E-state index in [1.165, 1.54) is 18.1 Å². The van der Waals surface area contributed by atoms with Crippen molar-refractivity contribution in [2.75, 3.05) is 11.8 Å². The van der Waals surface area contributed by atoms with Gasteiger partial charge in [-0.1, -0.05) is 30.3 Å². The van der Waals surface area contributed by atoms with Crippen molar-refractivity contribution in [2.45, 2.75) is 30.3 Å². The van der Waals surface area contributed by atoms with Gasteiger partial charge in [-0.3, -0.25) is 24.4 Å². The molecule has 2 aliphatic rings. The van der Waals surface area contributed by atoms with Crippen molar-refractivity contribution in [3.05, 3.63) is 65.7 Å². The lowest BCUT2D eigenvalue weighted by molar-refractivity contribution is -0.136. The van der Waals surface area contributed by atoms with Crippen LogP contribution in [0.25, 0.3) is 10.8 Å². The number of benzene rings is 3. The monoisotopic (exact) mass is 479 g/mol. The van der Waals surface area contributed by atoms with Gasteiger partial charge in [-0.25, -0.2) is 8.42 Å². The molecule has 0 saturated carbocycles. The largest absolute Gasteiger partial charge is 0.496 e. The van der Waals surface area contributed by atoms with Crippen molar-refractivity contribution in [1.29, 1.82) is 0 Å². The minimum absolute atomic E-state index is 0.0580. The summed E-state index contributed by atoms with van der Waals surface area (Å²) in [6.07, 6.45) is 0.365. The minimum atomic E-state index is -4.02. The first-order chi connectivity index (χ1) is 16.3. The van der Waals surface area contributed by atoms with Crippen molar-refractivity contribution >= 4 is 44.2 Å². The van der Waals surface area contributed by atoms with Crippen LogP contribution in [-0.2, 0) is 26.2 Å². The number of rotatable bonds is 5. The Labute approximate surface area is 195 Å². The van der Waals surface area contributed by atoms with Crippen LogP contribution in [0.2, 0.25) is 0 Å². The van der Waals surface area contributed by atoms with Crippen LogP contribution >= 0.6 is 0 Å². The fourth-order valence-corrected chi connectivity index (χ4v) is 5.84. The maximum atomic E-state index is 13.4. The maximum Gasteiger partial charge on any atom is 0.262 e. The first kappa shape index (κ1) is 21.9. The molecule has 2 aliphatic heterocycles. The number of fused-ring (bicyclic) bond motifs is 2. The molecular formula is C24H21N3O6S. The predicted octanol–water partition coefficient (Wildman–Crippen LogP) is 2.41. The SMILES string of the molecule is COc1ccc(S(=O)(=O)Nc2cccc3c2CN(C2CCC(=O)NC2=O)C3=O)c2ccccc12. The second-order valence-electron chi connectivity index (χ2n) is 8.15. The van der Waals surface area contributed by atoms with Gasteiger partial charge < -0.3 is 9.64 Å². The van der Waals surface area contributed by atoms with Gasteiger partial charge in [0, 0.05) is 34.9 Å². The molecule has 0 aromatic heterocycles. The number of hydrogen-bond donors (Lipinski definition) is 2. The summed E-state index contributed by atoms with van der Waals surface area (Å²) in [6.45, 7) is 0.0580. The van der Waals surface area contributed by atoms with E-state index in [9.17, 15) is 22.8 Å². The molecule has 3 aromatic carbocycles. The molecule has 0 radical (unpaired) electrons.